The van der Waals surface area contributed by atoms with Crippen LogP contribution in [0.25, 0.3) is 21.9 Å². The predicted octanol–water partition coefficient (Wildman–Crippen LogP) is 6.15. The highest BCUT2D eigenvalue weighted by Crippen LogP contribution is 2.46. The number of aliphatic hydroxyl groups is 1. The third-order valence-corrected chi connectivity index (χ3v) is 8.31. The number of nitrogens with zero attached hydrogens (tertiary/aromatic N) is 5. The van der Waals surface area contributed by atoms with Gasteiger partial charge in [-0.3, -0.25) is 9.25 Å². The summed E-state index contributed by atoms with van der Waals surface area (Å²) in [5.74, 6) is -0.843. The number of halogens is 3. The molecule has 0 fully saturated rings. The summed E-state index contributed by atoms with van der Waals surface area (Å²) < 4.78 is 62.2. The van der Waals surface area contributed by atoms with Crippen molar-refractivity contribution in [3.63, 3.8) is 0 Å². The van der Waals surface area contributed by atoms with Gasteiger partial charge in [-0.2, -0.15) is 23.3 Å². The molecule has 0 saturated carbocycles. The van der Waals surface area contributed by atoms with E-state index in [2.05, 4.69) is 25.7 Å². The fourth-order valence-electron chi connectivity index (χ4n) is 4.81. The van der Waals surface area contributed by atoms with Crippen LogP contribution in [0.5, 0.6) is 5.88 Å². The molecule has 0 amide bonds. The SMILES string of the molecule is CCOP(=O)(O)Cc1ccc(Nc2ncc(C(F)(F)F)c(Nc3ccc(-c4cnn(CCCO)c4)c4cn(C)c(O)c34)n2)cc1. The molecule has 0 saturated heterocycles. The molecule has 1 atom stereocenters. The molecule has 12 nitrogen and oxygen atoms in total. The van der Waals surface area contributed by atoms with Gasteiger partial charge in [0, 0.05) is 55.4 Å². The molecule has 5 aromatic rings. The summed E-state index contributed by atoms with van der Waals surface area (Å²) in [7, 11) is -2.18. The fraction of sp³-hybridized carbons (Fsp3) is 0.276. The van der Waals surface area contributed by atoms with Crippen molar-refractivity contribution in [3.8, 4) is 17.0 Å². The van der Waals surface area contributed by atoms with Gasteiger partial charge >= 0.3 is 13.8 Å². The van der Waals surface area contributed by atoms with Crippen LogP contribution in [-0.2, 0) is 35.0 Å². The molecule has 0 spiro atoms. The predicted molar refractivity (Wildman–Crippen MR) is 163 cm³/mol. The highest BCUT2D eigenvalue weighted by molar-refractivity contribution is 7.51. The Morgan fingerprint density at radius 1 is 1.07 bits per heavy atom. The Morgan fingerprint density at radius 3 is 2.51 bits per heavy atom. The number of alkyl halides is 3. The Hall–Kier alpha value is -4.43. The average molecular weight is 646 g/mol. The van der Waals surface area contributed by atoms with E-state index in [9.17, 15) is 27.7 Å². The third kappa shape index (κ3) is 7.28. The maximum absolute atomic E-state index is 14.0. The highest BCUT2D eigenvalue weighted by Gasteiger charge is 2.36. The number of benzene rings is 2. The summed E-state index contributed by atoms with van der Waals surface area (Å²) in [5.41, 5.74) is 1.46. The Balaban J connectivity index is 1.47. The lowest BCUT2D eigenvalue weighted by Crippen LogP contribution is -2.12. The van der Waals surface area contributed by atoms with E-state index in [-0.39, 0.29) is 42.3 Å². The van der Waals surface area contributed by atoms with E-state index in [1.165, 1.54) is 4.57 Å². The first-order valence-corrected chi connectivity index (χ1v) is 15.6. The Bertz CT molecular complexity index is 1860. The normalized spacial score (nSPS) is 13.2. The van der Waals surface area contributed by atoms with Crippen molar-refractivity contribution in [2.75, 3.05) is 23.8 Å². The fourth-order valence-corrected chi connectivity index (χ4v) is 5.98. The van der Waals surface area contributed by atoms with Crippen LogP contribution in [0.15, 0.2) is 61.2 Å². The van der Waals surface area contributed by atoms with Gasteiger partial charge in [0.2, 0.25) is 11.8 Å². The molecular formula is C29H31F3N7O5P. The summed E-state index contributed by atoms with van der Waals surface area (Å²) in [6.07, 6.45) is 1.30. The second-order valence-electron chi connectivity index (χ2n) is 10.2. The number of hydrogen-bond donors (Lipinski definition) is 5. The zero-order valence-electron chi connectivity index (χ0n) is 24.3. The number of anilines is 4. The molecule has 0 aliphatic carbocycles. The van der Waals surface area contributed by atoms with E-state index in [1.54, 1.807) is 73.6 Å². The lowest BCUT2D eigenvalue weighted by Gasteiger charge is -2.16. The summed E-state index contributed by atoms with van der Waals surface area (Å²) in [6, 6.07) is 9.58. The van der Waals surface area contributed by atoms with Crippen LogP contribution in [0.2, 0.25) is 0 Å². The topological polar surface area (TPSA) is 160 Å². The first kappa shape index (κ1) is 32.0. The molecule has 0 aliphatic rings. The molecule has 5 N–H and O–H groups in total. The number of aliphatic hydroxyl groups excluding tert-OH is 1. The van der Waals surface area contributed by atoms with Crippen LogP contribution < -0.4 is 10.6 Å². The van der Waals surface area contributed by atoms with E-state index in [0.29, 0.717) is 41.4 Å². The van der Waals surface area contributed by atoms with E-state index >= 15 is 0 Å². The van der Waals surface area contributed by atoms with E-state index in [1.807, 2.05) is 0 Å². The van der Waals surface area contributed by atoms with E-state index < -0.39 is 25.2 Å². The van der Waals surface area contributed by atoms with Gasteiger partial charge in [0.15, 0.2) is 0 Å². The number of hydrogen-bond acceptors (Lipinski definition) is 9. The van der Waals surface area contributed by atoms with Crippen molar-refractivity contribution < 1.29 is 37.4 Å². The maximum Gasteiger partial charge on any atom is 0.421 e. The number of aryl methyl sites for hydroxylation is 2. The first-order chi connectivity index (χ1) is 21.4. The van der Waals surface area contributed by atoms with Gasteiger partial charge in [-0.25, -0.2) is 4.98 Å². The molecule has 1 unspecified atom stereocenters. The van der Waals surface area contributed by atoms with Crippen LogP contribution >= 0.6 is 7.60 Å². The molecular weight excluding hydrogens is 614 g/mol. The van der Waals surface area contributed by atoms with Crippen molar-refractivity contribution in [2.45, 2.75) is 32.2 Å². The summed E-state index contributed by atoms with van der Waals surface area (Å²) >= 11 is 0. The van der Waals surface area contributed by atoms with Crippen LogP contribution in [-0.4, -0.2) is 52.6 Å². The number of nitrogens with one attached hydrogen (secondary N) is 2. The zero-order chi connectivity index (χ0) is 32.4. The summed E-state index contributed by atoms with van der Waals surface area (Å²) in [5, 5.41) is 30.8. The van der Waals surface area contributed by atoms with Gasteiger partial charge in [-0.15, -0.1) is 0 Å². The van der Waals surface area contributed by atoms with Crippen molar-refractivity contribution in [3.05, 3.63) is 72.3 Å². The minimum Gasteiger partial charge on any atom is -0.494 e. The van der Waals surface area contributed by atoms with Gasteiger partial charge in [0.05, 0.1) is 30.0 Å². The standard InChI is InChI=1S/C29H31F3N7O5P/c1-3-44-45(42,43)17-18-5-7-20(8-6-18)35-28-33-14-23(29(30,31)32)26(37-28)36-24-10-9-21(22-16-38(2)27(41)25(22)24)19-13-34-39(15-19)11-4-12-40/h5-10,13-16,40-41H,3-4,11-12,17H2,1-2H3,(H,42,43)(H2,33,35,36,37). The number of fused-ring (bicyclic) bond motifs is 1. The second kappa shape index (κ2) is 12.9. The molecule has 45 heavy (non-hydrogen) atoms. The van der Waals surface area contributed by atoms with Gasteiger partial charge in [-0.1, -0.05) is 18.2 Å². The van der Waals surface area contributed by atoms with Crippen molar-refractivity contribution in [1.82, 2.24) is 24.3 Å². The minimum atomic E-state index is -4.79. The molecule has 238 valence electrons. The average Bonchev–Trinajstić information content (AvgIpc) is 3.56. The lowest BCUT2D eigenvalue weighted by atomic mass is 10.0. The second-order valence-corrected chi connectivity index (χ2v) is 12.0. The van der Waals surface area contributed by atoms with E-state index in [0.717, 1.165) is 5.56 Å². The highest BCUT2D eigenvalue weighted by atomic mass is 31.2. The summed E-state index contributed by atoms with van der Waals surface area (Å²) in [6.45, 7) is 2.23. The molecule has 0 aliphatic heterocycles. The van der Waals surface area contributed by atoms with Crippen molar-refractivity contribution in [2.24, 2.45) is 7.05 Å². The quantitative estimate of drug-likeness (QED) is 0.0997. The Morgan fingerprint density at radius 2 is 1.82 bits per heavy atom. The molecule has 3 aromatic heterocycles. The lowest BCUT2D eigenvalue weighted by molar-refractivity contribution is -0.137. The Kier molecular flexibility index (Phi) is 9.16. The zero-order valence-corrected chi connectivity index (χ0v) is 25.2. The minimum absolute atomic E-state index is 0.0164. The maximum atomic E-state index is 14.0. The van der Waals surface area contributed by atoms with Gasteiger partial charge in [-0.05, 0) is 42.7 Å². The monoisotopic (exact) mass is 645 g/mol. The van der Waals surface area contributed by atoms with Gasteiger partial charge < -0.3 is 34.8 Å². The van der Waals surface area contributed by atoms with Crippen LogP contribution in [0.4, 0.5) is 36.3 Å². The Labute approximate surface area is 255 Å². The first-order valence-electron chi connectivity index (χ1n) is 13.9. The van der Waals surface area contributed by atoms with E-state index in [4.69, 9.17) is 9.63 Å². The van der Waals surface area contributed by atoms with Crippen LogP contribution in [0.3, 0.4) is 0 Å². The smallest absolute Gasteiger partial charge is 0.421 e. The van der Waals surface area contributed by atoms with Crippen molar-refractivity contribution in [1.29, 1.82) is 0 Å². The molecule has 5 rings (SSSR count). The summed E-state index contributed by atoms with van der Waals surface area (Å²) in [4.78, 5) is 17.8. The van der Waals surface area contributed by atoms with Crippen LogP contribution in [0.1, 0.15) is 24.5 Å². The van der Waals surface area contributed by atoms with Gasteiger partial charge in [0.1, 0.15) is 11.4 Å². The molecule has 0 bridgehead atoms. The van der Waals surface area contributed by atoms with Gasteiger partial charge in [0.25, 0.3) is 0 Å². The largest absolute Gasteiger partial charge is 0.494 e. The molecule has 0 radical (unpaired) electrons. The number of aromatic nitrogens is 5. The number of rotatable bonds is 12. The molecule has 2 aromatic carbocycles. The van der Waals surface area contributed by atoms with Crippen LogP contribution in [0, 0.1) is 0 Å². The number of aromatic hydroxyl groups is 1. The molecule has 3 heterocycles. The van der Waals surface area contributed by atoms with Crippen molar-refractivity contribution >= 4 is 41.5 Å². The molecule has 16 heteroatoms. The third-order valence-electron chi connectivity index (χ3n) is 6.89.